The molecule has 1 N–H and O–H groups in total. The topological polar surface area (TPSA) is 87.7 Å². The molecule has 0 unspecified atom stereocenters. The minimum Gasteiger partial charge on any atom is -0.477 e. The maximum Gasteiger partial charge on any atom is 0.322 e. The quantitative estimate of drug-likeness (QED) is 0.796. The van der Waals surface area contributed by atoms with Gasteiger partial charge in [0.15, 0.2) is 0 Å². The van der Waals surface area contributed by atoms with Gasteiger partial charge in [-0.1, -0.05) is 25.3 Å². The SMILES string of the molecule is O=C(Nc1cccnc1)N1CCN(C(=O)c2cccc(OCC3CCCCC3)n2)CC1. The van der Waals surface area contributed by atoms with Crippen LogP contribution in [0.5, 0.6) is 5.88 Å². The van der Waals surface area contributed by atoms with E-state index >= 15 is 0 Å². The minimum absolute atomic E-state index is 0.129. The molecule has 0 bridgehead atoms. The van der Waals surface area contributed by atoms with Crippen molar-refractivity contribution < 1.29 is 14.3 Å². The molecule has 2 fully saturated rings. The van der Waals surface area contributed by atoms with E-state index in [1.165, 1.54) is 32.1 Å². The molecular formula is C23H29N5O3. The van der Waals surface area contributed by atoms with E-state index < -0.39 is 0 Å². The molecule has 1 saturated carbocycles. The van der Waals surface area contributed by atoms with E-state index in [9.17, 15) is 9.59 Å². The van der Waals surface area contributed by atoms with Crippen LogP contribution < -0.4 is 10.1 Å². The van der Waals surface area contributed by atoms with E-state index in [-0.39, 0.29) is 11.9 Å². The molecule has 2 aromatic rings. The Hall–Kier alpha value is -3.16. The monoisotopic (exact) mass is 423 g/mol. The Morgan fingerprint density at radius 3 is 2.52 bits per heavy atom. The largest absolute Gasteiger partial charge is 0.477 e. The van der Waals surface area contributed by atoms with Gasteiger partial charge in [0.25, 0.3) is 5.91 Å². The van der Waals surface area contributed by atoms with E-state index in [2.05, 4.69) is 15.3 Å². The Labute approximate surface area is 182 Å². The zero-order valence-corrected chi connectivity index (χ0v) is 17.7. The van der Waals surface area contributed by atoms with Crippen LogP contribution in [0.3, 0.4) is 0 Å². The molecular weight excluding hydrogens is 394 g/mol. The summed E-state index contributed by atoms with van der Waals surface area (Å²) in [6.45, 7) is 2.53. The highest BCUT2D eigenvalue weighted by molar-refractivity contribution is 5.93. The number of aromatic nitrogens is 2. The highest BCUT2D eigenvalue weighted by Crippen LogP contribution is 2.24. The third kappa shape index (κ3) is 5.71. The summed E-state index contributed by atoms with van der Waals surface area (Å²) < 4.78 is 5.88. The van der Waals surface area contributed by atoms with Gasteiger partial charge in [0.1, 0.15) is 5.69 Å². The first-order valence-corrected chi connectivity index (χ1v) is 11.0. The molecule has 31 heavy (non-hydrogen) atoms. The van der Waals surface area contributed by atoms with Crippen LogP contribution in [0.1, 0.15) is 42.6 Å². The van der Waals surface area contributed by atoms with E-state index in [4.69, 9.17) is 4.74 Å². The van der Waals surface area contributed by atoms with E-state index in [1.54, 1.807) is 46.5 Å². The number of amides is 3. The highest BCUT2D eigenvalue weighted by atomic mass is 16.5. The van der Waals surface area contributed by atoms with Crippen molar-refractivity contribution in [1.82, 2.24) is 19.8 Å². The molecule has 8 heteroatoms. The maximum atomic E-state index is 12.9. The lowest BCUT2D eigenvalue weighted by Crippen LogP contribution is -2.51. The van der Waals surface area contributed by atoms with Gasteiger partial charge < -0.3 is 19.9 Å². The molecule has 8 nitrogen and oxygen atoms in total. The Morgan fingerprint density at radius 2 is 1.77 bits per heavy atom. The van der Waals surface area contributed by atoms with Crippen LogP contribution in [-0.2, 0) is 0 Å². The van der Waals surface area contributed by atoms with Crippen molar-refractivity contribution in [2.75, 3.05) is 38.1 Å². The van der Waals surface area contributed by atoms with Gasteiger partial charge in [0.2, 0.25) is 5.88 Å². The number of urea groups is 1. The molecule has 4 rings (SSSR count). The molecule has 0 atom stereocenters. The van der Waals surface area contributed by atoms with Crippen molar-refractivity contribution in [2.45, 2.75) is 32.1 Å². The number of nitrogens with one attached hydrogen (secondary N) is 1. The van der Waals surface area contributed by atoms with E-state index in [0.717, 1.165) is 0 Å². The molecule has 3 amide bonds. The van der Waals surface area contributed by atoms with Crippen LogP contribution in [-0.4, -0.2) is 64.5 Å². The van der Waals surface area contributed by atoms with Crippen molar-refractivity contribution in [3.8, 4) is 5.88 Å². The molecule has 2 aliphatic rings. The molecule has 1 aliphatic heterocycles. The first-order chi connectivity index (χ1) is 15.2. The van der Waals surface area contributed by atoms with Crippen LogP contribution in [0.25, 0.3) is 0 Å². The van der Waals surface area contributed by atoms with Crippen molar-refractivity contribution in [1.29, 1.82) is 0 Å². The summed E-state index contributed by atoms with van der Waals surface area (Å²) in [5.41, 5.74) is 1.04. The lowest BCUT2D eigenvalue weighted by atomic mass is 9.90. The number of hydrogen-bond acceptors (Lipinski definition) is 5. The van der Waals surface area contributed by atoms with E-state index in [1.807, 2.05) is 6.07 Å². The predicted molar refractivity (Wildman–Crippen MR) is 117 cm³/mol. The number of nitrogens with zero attached hydrogens (tertiary/aromatic N) is 4. The van der Waals surface area contributed by atoms with Gasteiger partial charge in [-0.05, 0) is 37.0 Å². The molecule has 0 radical (unpaired) electrons. The Kier molecular flexibility index (Phi) is 6.96. The zero-order chi connectivity index (χ0) is 21.5. The van der Waals surface area contributed by atoms with Crippen molar-refractivity contribution in [3.63, 3.8) is 0 Å². The fourth-order valence-corrected chi connectivity index (χ4v) is 4.09. The lowest BCUT2D eigenvalue weighted by molar-refractivity contribution is 0.0664. The van der Waals surface area contributed by atoms with Crippen LogP contribution in [0.4, 0.5) is 10.5 Å². The first kappa shape index (κ1) is 21.1. The van der Waals surface area contributed by atoms with E-state index in [0.29, 0.717) is 56.0 Å². The second kappa shape index (κ2) is 10.2. The number of carbonyl (C=O) groups excluding carboxylic acids is 2. The Balaban J connectivity index is 1.27. The third-order valence-corrected chi connectivity index (χ3v) is 5.90. The lowest BCUT2D eigenvalue weighted by Gasteiger charge is -2.34. The highest BCUT2D eigenvalue weighted by Gasteiger charge is 2.26. The average molecular weight is 424 g/mol. The van der Waals surface area contributed by atoms with Gasteiger partial charge in [-0.15, -0.1) is 0 Å². The van der Waals surface area contributed by atoms with Gasteiger partial charge in [-0.3, -0.25) is 9.78 Å². The third-order valence-electron chi connectivity index (χ3n) is 5.90. The number of anilines is 1. The summed E-state index contributed by atoms with van der Waals surface area (Å²) in [5.74, 6) is 0.960. The minimum atomic E-state index is -0.184. The molecule has 1 saturated heterocycles. The van der Waals surface area contributed by atoms with Crippen LogP contribution in [0.2, 0.25) is 0 Å². The van der Waals surface area contributed by atoms with Gasteiger partial charge in [-0.25, -0.2) is 9.78 Å². The first-order valence-electron chi connectivity index (χ1n) is 11.0. The standard InChI is InChI=1S/C23H29N5O3/c29-22(20-9-4-10-21(26-20)31-17-18-6-2-1-3-7-18)27-12-14-28(15-13-27)23(30)25-19-8-5-11-24-16-19/h4-5,8-11,16,18H,1-3,6-7,12-15,17H2,(H,25,30). The van der Waals surface area contributed by atoms with Crippen molar-refractivity contribution in [2.24, 2.45) is 5.92 Å². The molecule has 0 aromatic carbocycles. The van der Waals surface area contributed by atoms with Crippen molar-refractivity contribution >= 4 is 17.6 Å². The predicted octanol–water partition coefficient (Wildman–Crippen LogP) is 3.43. The average Bonchev–Trinajstić information content (AvgIpc) is 2.84. The molecule has 164 valence electrons. The number of piperazine rings is 1. The summed E-state index contributed by atoms with van der Waals surface area (Å²) in [7, 11) is 0. The number of pyridine rings is 2. The number of rotatable bonds is 5. The fraction of sp³-hybridized carbons (Fsp3) is 0.478. The van der Waals surface area contributed by atoms with Gasteiger partial charge in [0, 0.05) is 38.4 Å². The van der Waals surface area contributed by atoms with Crippen LogP contribution in [0.15, 0.2) is 42.7 Å². The number of hydrogen-bond donors (Lipinski definition) is 1. The smallest absolute Gasteiger partial charge is 0.322 e. The summed E-state index contributed by atoms with van der Waals surface area (Å²) >= 11 is 0. The second-order valence-corrected chi connectivity index (χ2v) is 8.13. The van der Waals surface area contributed by atoms with Gasteiger partial charge in [0.05, 0.1) is 18.5 Å². The van der Waals surface area contributed by atoms with Crippen LogP contribution >= 0.6 is 0 Å². The summed E-state index contributed by atoms with van der Waals surface area (Å²) in [5, 5.41) is 2.83. The van der Waals surface area contributed by atoms with Gasteiger partial charge >= 0.3 is 6.03 Å². The van der Waals surface area contributed by atoms with Crippen LogP contribution in [0, 0.1) is 5.92 Å². The summed E-state index contributed by atoms with van der Waals surface area (Å²) in [6.07, 6.45) is 9.53. The maximum absolute atomic E-state index is 12.9. The van der Waals surface area contributed by atoms with Crippen molar-refractivity contribution in [3.05, 3.63) is 48.4 Å². The summed E-state index contributed by atoms with van der Waals surface area (Å²) in [4.78, 5) is 37.2. The Morgan fingerprint density at radius 1 is 1.00 bits per heavy atom. The molecule has 0 spiro atoms. The zero-order valence-electron chi connectivity index (χ0n) is 17.7. The van der Waals surface area contributed by atoms with Gasteiger partial charge in [-0.2, -0.15) is 0 Å². The second-order valence-electron chi connectivity index (χ2n) is 8.13. The number of carbonyl (C=O) groups is 2. The fourth-order valence-electron chi connectivity index (χ4n) is 4.09. The Bertz CT molecular complexity index is 878. The molecule has 2 aromatic heterocycles. The molecule has 1 aliphatic carbocycles. The number of ether oxygens (including phenoxy) is 1. The summed E-state index contributed by atoms with van der Waals surface area (Å²) in [6, 6.07) is 8.72. The normalized spacial score (nSPS) is 17.3. The molecule has 3 heterocycles.